The van der Waals surface area contributed by atoms with Crippen molar-refractivity contribution >= 4 is 31.6 Å². The van der Waals surface area contributed by atoms with Crippen molar-refractivity contribution in [1.82, 2.24) is 4.72 Å². The van der Waals surface area contributed by atoms with Gasteiger partial charge in [0, 0.05) is 10.2 Å². The molecule has 114 valence electrons. The minimum Gasteiger partial charge on any atom is -0.367 e. The lowest BCUT2D eigenvalue weighted by atomic mass is 10.1. The molecule has 0 saturated heterocycles. The Labute approximate surface area is 139 Å². The van der Waals surface area contributed by atoms with Gasteiger partial charge in [-0.05, 0) is 46.7 Å². The summed E-state index contributed by atoms with van der Waals surface area (Å²) in [4.78, 5) is 0.185. The Morgan fingerprint density at radius 1 is 1.18 bits per heavy atom. The Bertz CT molecular complexity index is 799. The second-order valence-electron chi connectivity index (χ2n) is 4.50. The minimum atomic E-state index is -3.47. The summed E-state index contributed by atoms with van der Waals surface area (Å²) in [6, 6.07) is 14.1. The summed E-state index contributed by atoms with van der Waals surface area (Å²) in [6.45, 7) is 0. The lowest BCUT2D eigenvalue weighted by Crippen LogP contribution is -2.18. The summed E-state index contributed by atoms with van der Waals surface area (Å²) in [7, 11) is -2.10. The van der Waals surface area contributed by atoms with Crippen LogP contribution >= 0.6 is 15.9 Å². The SMILES string of the molecule is C#C[C@H](Nc1ccc(S(=O)(=O)NC)cc1Br)c1ccccc1. The standard InChI is InChI=1S/C16H15BrN2O2S/c1-3-15(12-7-5-4-6-8-12)19-16-10-9-13(11-14(16)17)22(20,21)18-2/h1,4-11,15,18-19H,2H3/t15-/m0/s1. The van der Waals surface area contributed by atoms with Crippen LogP contribution in [0.1, 0.15) is 11.6 Å². The van der Waals surface area contributed by atoms with E-state index in [0.29, 0.717) is 4.47 Å². The highest BCUT2D eigenvalue weighted by Crippen LogP contribution is 2.28. The molecule has 6 heteroatoms. The molecule has 4 nitrogen and oxygen atoms in total. The second kappa shape index (κ2) is 6.97. The lowest BCUT2D eigenvalue weighted by Gasteiger charge is -2.16. The fourth-order valence-corrected chi connectivity index (χ4v) is 3.32. The van der Waals surface area contributed by atoms with Gasteiger partial charge in [0.1, 0.15) is 6.04 Å². The van der Waals surface area contributed by atoms with Crippen LogP contribution in [-0.4, -0.2) is 15.5 Å². The van der Waals surface area contributed by atoms with Gasteiger partial charge in [0.15, 0.2) is 0 Å². The van der Waals surface area contributed by atoms with Crippen LogP contribution in [0.2, 0.25) is 0 Å². The first kappa shape index (κ1) is 16.6. The van der Waals surface area contributed by atoms with E-state index in [1.165, 1.54) is 19.2 Å². The fraction of sp³-hybridized carbons (Fsp3) is 0.125. The van der Waals surface area contributed by atoms with Gasteiger partial charge in [-0.1, -0.05) is 36.3 Å². The molecule has 1 atom stereocenters. The first-order valence-corrected chi connectivity index (χ1v) is 8.76. The number of terminal acetylenes is 1. The van der Waals surface area contributed by atoms with E-state index in [2.05, 4.69) is 31.9 Å². The Balaban J connectivity index is 2.29. The van der Waals surface area contributed by atoms with Crippen LogP contribution in [0.3, 0.4) is 0 Å². The largest absolute Gasteiger partial charge is 0.367 e. The van der Waals surface area contributed by atoms with Crippen LogP contribution in [0.5, 0.6) is 0 Å². The molecule has 0 bridgehead atoms. The van der Waals surface area contributed by atoms with Crippen molar-refractivity contribution in [3.63, 3.8) is 0 Å². The van der Waals surface area contributed by atoms with E-state index in [4.69, 9.17) is 6.42 Å². The Morgan fingerprint density at radius 2 is 1.86 bits per heavy atom. The number of rotatable bonds is 5. The third kappa shape index (κ3) is 3.69. The molecule has 2 aromatic rings. The average Bonchev–Trinajstić information content (AvgIpc) is 2.54. The highest BCUT2D eigenvalue weighted by molar-refractivity contribution is 9.10. The van der Waals surface area contributed by atoms with Crippen LogP contribution in [0.15, 0.2) is 57.9 Å². The van der Waals surface area contributed by atoms with Crippen molar-refractivity contribution in [3.05, 3.63) is 58.6 Å². The number of halogens is 1. The summed E-state index contributed by atoms with van der Waals surface area (Å²) in [5.41, 5.74) is 1.69. The van der Waals surface area contributed by atoms with Crippen LogP contribution in [0.4, 0.5) is 5.69 Å². The van der Waals surface area contributed by atoms with Crippen molar-refractivity contribution in [2.45, 2.75) is 10.9 Å². The smallest absolute Gasteiger partial charge is 0.240 e. The van der Waals surface area contributed by atoms with Gasteiger partial charge in [0.25, 0.3) is 0 Å². The maximum atomic E-state index is 11.8. The normalized spacial score (nSPS) is 12.4. The number of hydrogen-bond acceptors (Lipinski definition) is 3. The third-order valence-corrected chi connectivity index (χ3v) is 5.19. The zero-order chi connectivity index (χ0) is 16.2. The van der Waals surface area contributed by atoms with E-state index in [-0.39, 0.29) is 10.9 Å². The molecule has 0 aliphatic carbocycles. The van der Waals surface area contributed by atoms with Crippen molar-refractivity contribution in [2.24, 2.45) is 0 Å². The van der Waals surface area contributed by atoms with E-state index >= 15 is 0 Å². The number of hydrogen-bond donors (Lipinski definition) is 2. The highest BCUT2D eigenvalue weighted by atomic mass is 79.9. The minimum absolute atomic E-state index is 0.185. The molecule has 22 heavy (non-hydrogen) atoms. The van der Waals surface area contributed by atoms with Crippen LogP contribution < -0.4 is 10.0 Å². The molecule has 0 aliphatic heterocycles. The molecule has 0 aromatic heterocycles. The van der Waals surface area contributed by atoms with Gasteiger partial charge in [0.05, 0.1) is 4.90 Å². The molecule has 0 heterocycles. The highest BCUT2D eigenvalue weighted by Gasteiger charge is 2.15. The van der Waals surface area contributed by atoms with Gasteiger partial charge in [-0.3, -0.25) is 0 Å². The summed E-state index contributed by atoms with van der Waals surface area (Å²) >= 11 is 3.38. The first-order valence-electron chi connectivity index (χ1n) is 6.48. The third-order valence-electron chi connectivity index (χ3n) is 3.12. The van der Waals surface area contributed by atoms with Gasteiger partial charge in [-0.25, -0.2) is 13.1 Å². The van der Waals surface area contributed by atoms with E-state index in [9.17, 15) is 8.42 Å². The topological polar surface area (TPSA) is 58.2 Å². The molecule has 0 amide bonds. The Hall–Kier alpha value is -1.81. The van der Waals surface area contributed by atoms with Crippen LogP contribution in [-0.2, 0) is 10.0 Å². The van der Waals surface area contributed by atoms with Gasteiger partial charge < -0.3 is 5.32 Å². The van der Waals surface area contributed by atoms with E-state index in [0.717, 1.165) is 11.3 Å². The summed E-state index contributed by atoms with van der Waals surface area (Å²) in [5, 5.41) is 3.21. The number of anilines is 1. The molecule has 2 aromatic carbocycles. The predicted octanol–water partition coefficient (Wildman–Crippen LogP) is 3.14. The molecular weight excluding hydrogens is 364 g/mol. The van der Waals surface area contributed by atoms with E-state index < -0.39 is 10.0 Å². The van der Waals surface area contributed by atoms with Crippen molar-refractivity contribution in [1.29, 1.82) is 0 Å². The maximum Gasteiger partial charge on any atom is 0.240 e. The first-order chi connectivity index (χ1) is 10.5. The van der Waals surface area contributed by atoms with Crippen LogP contribution in [0, 0.1) is 12.3 Å². The van der Waals surface area contributed by atoms with Gasteiger partial charge >= 0.3 is 0 Å². The van der Waals surface area contributed by atoms with Crippen molar-refractivity contribution in [2.75, 3.05) is 12.4 Å². The molecular formula is C16H15BrN2O2S. The monoisotopic (exact) mass is 378 g/mol. The summed E-state index contributed by atoms with van der Waals surface area (Å²) in [5.74, 6) is 2.69. The molecule has 2 N–H and O–H groups in total. The Morgan fingerprint density at radius 3 is 2.41 bits per heavy atom. The number of nitrogens with one attached hydrogen (secondary N) is 2. The van der Waals surface area contributed by atoms with Gasteiger partial charge in [-0.2, -0.15) is 0 Å². The van der Waals surface area contributed by atoms with Crippen LogP contribution in [0.25, 0.3) is 0 Å². The van der Waals surface area contributed by atoms with Gasteiger partial charge in [-0.15, -0.1) is 6.42 Å². The number of sulfonamides is 1. The molecule has 0 fully saturated rings. The predicted molar refractivity (Wildman–Crippen MR) is 92.0 cm³/mol. The molecule has 0 saturated carbocycles. The zero-order valence-electron chi connectivity index (χ0n) is 11.9. The summed E-state index contributed by atoms with van der Waals surface area (Å²) in [6.07, 6.45) is 5.59. The zero-order valence-corrected chi connectivity index (χ0v) is 14.3. The molecule has 0 spiro atoms. The Kier molecular flexibility index (Phi) is 5.24. The van der Waals surface area contributed by atoms with Gasteiger partial charge in [0.2, 0.25) is 10.0 Å². The second-order valence-corrected chi connectivity index (χ2v) is 7.24. The average molecular weight is 379 g/mol. The van der Waals surface area contributed by atoms with E-state index in [1.807, 2.05) is 30.3 Å². The molecule has 2 rings (SSSR count). The lowest BCUT2D eigenvalue weighted by molar-refractivity contribution is 0.588. The number of benzene rings is 2. The quantitative estimate of drug-likeness (QED) is 0.785. The van der Waals surface area contributed by atoms with Crippen molar-refractivity contribution in [3.8, 4) is 12.3 Å². The van der Waals surface area contributed by atoms with E-state index in [1.54, 1.807) is 6.07 Å². The maximum absolute atomic E-state index is 11.8. The van der Waals surface area contributed by atoms with Crippen molar-refractivity contribution < 1.29 is 8.42 Å². The molecule has 0 radical (unpaired) electrons. The molecule has 0 unspecified atom stereocenters. The summed E-state index contributed by atoms with van der Waals surface area (Å²) < 4.78 is 26.5. The fourth-order valence-electron chi connectivity index (χ4n) is 1.92. The molecule has 0 aliphatic rings.